The maximum atomic E-state index is 3.40. The Labute approximate surface area is 98.6 Å². The molecule has 86 valence electrons. The molecule has 1 N–H and O–H groups in total. The third-order valence-corrected chi connectivity index (χ3v) is 3.61. The first kappa shape index (κ1) is 11.4. The van der Waals surface area contributed by atoms with Crippen LogP contribution in [0.3, 0.4) is 0 Å². The van der Waals surface area contributed by atoms with Crippen LogP contribution in [0.15, 0.2) is 24.3 Å². The molecule has 1 aliphatic rings. The Morgan fingerprint density at radius 1 is 1.25 bits per heavy atom. The summed E-state index contributed by atoms with van der Waals surface area (Å²) in [5, 5.41) is 3.40. The summed E-state index contributed by atoms with van der Waals surface area (Å²) in [6.07, 6.45) is 4.73. The van der Waals surface area contributed by atoms with Gasteiger partial charge in [-0.05, 0) is 57.4 Å². The number of allylic oxidation sites excluding steroid dienone is 1. The van der Waals surface area contributed by atoms with E-state index in [-0.39, 0.29) is 5.54 Å². The highest BCUT2D eigenvalue weighted by Gasteiger charge is 2.25. The summed E-state index contributed by atoms with van der Waals surface area (Å²) in [6, 6.07) is 6.81. The number of fused-ring (bicyclic) bond motifs is 1. The van der Waals surface area contributed by atoms with Crippen LogP contribution in [0.4, 0.5) is 0 Å². The largest absolute Gasteiger partial charge is 0.311 e. The molecule has 1 heteroatoms. The maximum Gasteiger partial charge on any atom is 0.0377 e. The summed E-state index contributed by atoms with van der Waals surface area (Å²) in [5.41, 5.74) is 5.79. The van der Waals surface area contributed by atoms with Crippen molar-refractivity contribution in [1.82, 2.24) is 5.32 Å². The van der Waals surface area contributed by atoms with Gasteiger partial charge in [-0.15, -0.1) is 0 Å². The van der Waals surface area contributed by atoms with E-state index in [4.69, 9.17) is 0 Å². The summed E-state index contributed by atoms with van der Waals surface area (Å²) >= 11 is 0. The van der Waals surface area contributed by atoms with Crippen molar-refractivity contribution in [2.24, 2.45) is 0 Å². The van der Waals surface area contributed by atoms with E-state index in [2.05, 4.69) is 50.4 Å². The minimum atomic E-state index is 0.0599. The van der Waals surface area contributed by atoms with Gasteiger partial charge in [0.2, 0.25) is 0 Å². The Morgan fingerprint density at radius 2 is 2.00 bits per heavy atom. The summed E-state index contributed by atoms with van der Waals surface area (Å²) < 4.78 is 0. The Morgan fingerprint density at radius 3 is 2.69 bits per heavy atom. The third-order valence-electron chi connectivity index (χ3n) is 3.61. The molecule has 2 rings (SSSR count). The zero-order chi connectivity index (χ0) is 11.8. The topological polar surface area (TPSA) is 12.0 Å². The number of rotatable bonds is 2. The molecule has 1 aliphatic carbocycles. The van der Waals surface area contributed by atoms with Crippen molar-refractivity contribution in [3.05, 3.63) is 41.0 Å². The molecule has 0 unspecified atom stereocenters. The fourth-order valence-electron chi connectivity index (χ4n) is 2.40. The molecule has 1 aromatic rings. The van der Waals surface area contributed by atoms with Gasteiger partial charge in [0.05, 0.1) is 0 Å². The number of hydrogen-bond donors (Lipinski definition) is 1. The molecule has 1 nitrogen and oxygen atoms in total. The average molecular weight is 215 g/mol. The first-order valence-corrected chi connectivity index (χ1v) is 6.04. The molecule has 0 radical (unpaired) electrons. The highest BCUT2D eigenvalue weighted by atomic mass is 14.9. The number of aryl methyl sites for hydroxylation is 2. The number of benzene rings is 1. The molecule has 0 atom stereocenters. The third kappa shape index (κ3) is 1.92. The molecule has 0 spiro atoms. The maximum absolute atomic E-state index is 3.40. The molecule has 0 fully saturated rings. The van der Waals surface area contributed by atoms with E-state index in [0.29, 0.717) is 0 Å². The highest BCUT2D eigenvalue weighted by Crippen LogP contribution is 2.34. The summed E-state index contributed by atoms with van der Waals surface area (Å²) in [5.74, 6) is 0. The smallest absolute Gasteiger partial charge is 0.0377 e. The number of hydrogen-bond acceptors (Lipinski definition) is 1. The molecule has 0 heterocycles. The van der Waals surface area contributed by atoms with Gasteiger partial charge in [0.25, 0.3) is 0 Å². The van der Waals surface area contributed by atoms with Crippen molar-refractivity contribution in [3.63, 3.8) is 0 Å². The van der Waals surface area contributed by atoms with Crippen LogP contribution < -0.4 is 5.32 Å². The van der Waals surface area contributed by atoms with E-state index in [1.54, 1.807) is 0 Å². The molecule has 0 bridgehead atoms. The average Bonchev–Trinajstić information content (AvgIpc) is 2.27. The van der Waals surface area contributed by atoms with Gasteiger partial charge in [0.15, 0.2) is 0 Å². The first-order chi connectivity index (χ1) is 7.54. The van der Waals surface area contributed by atoms with Gasteiger partial charge in [0, 0.05) is 5.54 Å². The Hall–Kier alpha value is -1.08. The van der Waals surface area contributed by atoms with Crippen molar-refractivity contribution in [2.45, 2.75) is 39.2 Å². The molecular formula is C15H21N. The minimum Gasteiger partial charge on any atom is -0.311 e. The lowest BCUT2D eigenvalue weighted by Crippen LogP contribution is -2.38. The van der Waals surface area contributed by atoms with Gasteiger partial charge in [-0.25, -0.2) is 0 Å². The van der Waals surface area contributed by atoms with Gasteiger partial charge < -0.3 is 5.32 Å². The van der Waals surface area contributed by atoms with Crippen molar-refractivity contribution >= 4 is 5.57 Å². The Kier molecular flexibility index (Phi) is 2.90. The van der Waals surface area contributed by atoms with E-state index >= 15 is 0 Å². The predicted molar refractivity (Wildman–Crippen MR) is 70.6 cm³/mol. The van der Waals surface area contributed by atoms with E-state index in [9.17, 15) is 0 Å². The highest BCUT2D eigenvalue weighted by molar-refractivity contribution is 5.76. The van der Waals surface area contributed by atoms with Crippen molar-refractivity contribution in [1.29, 1.82) is 0 Å². The van der Waals surface area contributed by atoms with E-state index < -0.39 is 0 Å². The first-order valence-electron chi connectivity index (χ1n) is 6.04. The van der Waals surface area contributed by atoms with Crippen LogP contribution in [0.5, 0.6) is 0 Å². The second kappa shape index (κ2) is 4.06. The van der Waals surface area contributed by atoms with E-state index in [1.165, 1.54) is 28.7 Å². The Balaban J connectivity index is 2.49. The van der Waals surface area contributed by atoms with Gasteiger partial charge in [-0.3, -0.25) is 0 Å². The van der Waals surface area contributed by atoms with Crippen molar-refractivity contribution in [2.75, 3.05) is 7.05 Å². The van der Waals surface area contributed by atoms with E-state index in [0.717, 1.165) is 6.42 Å². The van der Waals surface area contributed by atoms with Crippen LogP contribution in [-0.4, -0.2) is 12.6 Å². The second-order valence-corrected chi connectivity index (χ2v) is 5.19. The molecule has 0 aromatic heterocycles. The molecular weight excluding hydrogens is 194 g/mol. The lowest BCUT2D eigenvalue weighted by molar-refractivity contribution is 0.541. The van der Waals surface area contributed by atoms with Crippen LogP contribution in [0.25, 0.3) is 5.57 Å². The van der Waals surface area contributed by atoms with Crippen LogP contribution >= 0.6 is 0 Å². The summed E-state index contributed by atoms with van der Waals surface area (Å²) in [4.78, 5) is 0. The van der Waals surface area contributed by atoms with Crippen LogP contribution in [0.2, 0.25) is 0 Å². The molecule has 1 aromatic carbocycles. The normalized spacial score (nSPS) is 15.6. The summed E-state index contributed by atoms with van der Waals surface area (Å²) in [6.45, 7) is 6.66. The predicted octanol–water partition coefficient (Wildman–Crippen LogP) is 3.32. The van der Waals surface area contributed by atoms with Crippen LogP contribution in [-0.2, 0) is 6.42 Å². The van der Waals surface area contributed by atoms with Gasteiger partial charge in [-0.2, -0.15) is 0 Å². The number of nitrogens with one attached hydrogen (secondary N) is 1. The molecule has 0 saturated heterocycles. The second-order valence-electron chi connectivity index (χ2n) is 5.19. The quantitative estimate of drug-likeness (QED) is 0.798. The molecule has 16 heavy (non-hydrogen) atoms. The zero-order valence-corrected chi connectivity index (χ0v) is 10.7. The van der Waals surface area contributed by atoms with Gasteiger partial charge in [0.1, 0.15) is 0 Å². The van der Waals surface area contributed by atoms with Crippen molar-refractivity contribution < 1.29 is 0 Å². The van der Waals surface area contributed by atoms with E-state index in [1.807, 2.05) is 7.05 Å². The monoisotopic (exact) mass is 215 g/mol. The van der Waals surface area contributed by atoms with Crippen LogP contribution in [0, 0.1) is 6.92 Å². The minimum absolute atomic E-state index is 0.0599. The van der Waals surface area contributed by atoms with Gasteiger partial charge in [-0.1, -0.05) is 29.8 Å². The number of likely N-dealkylation sites (N-methyl/N-ethyl adjacent to an activating group) is 1. The van der Waals surface area contributed by atoms with Crippen molar-refractivity contribution in [3.8, 4) is 0 Å². The summed E-state index contributed by atoms with van der Waals surface area (Å²) in [7, 11) is 2.03. The van der Waals surface area contributed by atoms with Crippen LogP contribution in [0.1, 0.15) is 37.0 Å². The lowest BCUT2D eigenvalue weighted by atomic mass is 9.80. The zero-order valence-electron chi connectivity index (χ0n) is 10.7. The molecule has 0 saturated carbocycles. The standard InChI is InChI=1S/C15H21N/c1-11-8-9-13-12(10-11)6-5-7-14(13)15(2,3)16-4/h7-10,16H,5-6H2,1-4H3. The Bertz CT molecular complexity index is 427. The SMILES string of the molecule is CNC(C)(C)C1=CCCc2cc(C)ccc21. The fraction of sp³-hybridized carbons (Fsp3) is 0.467. The van der Waals surface area contributed by atoms with Gasteiger partial charge >= 0.3 is 0 Å². The molecule has 0 aliphatic heterocycles. The lowest BCUT2D eigenvalue weighted by Gasteiger charge is -2.32. The fourth-order valence-corrected chi connectivity index (χ4v) is 2.40. The molecule has 0 amide bonds.